The zero-order chi connectivity index (χ0) is 14.5. The molecule has 0 aliphatic carbocycles. The van der Waals surface area contributed by atoms with E-state index in [1.807, 2.05) is 24.3 Å². The van der Waals surface area contributed by atoms with E-state index in [-0.39, 0.29) is 6.04 Å². The molecule has 2 rings (SSSR count). The molecule has 2 N–H and O–H groups in total. The zero-order valence-corrected chi connectivity index (χ0v) is 12.2. The molecule has 106 valence electrons. The number of phenols is 1. The largest absolute Gasteiger partial charge is 0.508 e. The van der Waals surface area contributed by atoms with Gasteiger partial charge in [-0.3, -0.25) is 0 Å². The van der Waals surface area contributed by atoms with Gasteiger partial charge in [-0.2, -0.15) is 0 Å². The second-order valence-corrected chi connectivity index (χ2v) is 5.02. The van der Waals surface area contributed by atoms with E-state index >= 15 is 0 Å². The minimum absolute atomic E-state index is 0.173. The average Bonchev–Trinajstić information content (AvgIpc) is 2.45. The summed E-state index contributed by atoms with van der Waals surface area (Å²) in [4.78, 5) is 0. The molecule has 3 heteroatoms. The summed E-state index contributed by atoms with van der Waals surface area (Å²) in [5.41, 5.74) is 3.42. The van der Waals surface area contributed by atoms with Crippen LogP contribution in [0.4, 0.5) is 0 Å². The minimum Gasteiger partial charge on any atom is -0.508 e. The lowest BCUT2D eigenvalue weighted by atomic mass is 10.0. The maximum atomic E-state index is 9.47. The summed E-state index contributed by atoms with van der Waals surface area (Å²) in [7, 11) is 1.69. The smallest absolute Gasteiger partial charge is 0.123 e. The second-order valence-electron chi connectivity index (χ2n) is 5.02. The number of methoxy groups -OCH3 is 1. The normalized spacial score (nSPS) is 12.2. The lowest BCUT2D eigenvalue weighted by molar-refractivity contribution is 0.401. The number of hydrogen-bond donors (Lipinski definition) is 2. The molecule has 1 atom stereocenters. The molecule has 2 aromatic carbocycles. The van der Waals surface area contributed by atoms with Crippen molar-refractivity contribution in [3.63, 3.8) is 0 Å². The molecular weight excluding hydrogens is 250 g/mol. The highest BCUT2D eigenvalue weighted by Gasteiger charge is 2.11. The predicted molar refractivity (Wildman–Crippen MR) is 81.1 cm³/mol. The Morgan fingerprint density at radius 3 is 2.70 bits per heavy atom. The van der Waals surface area contributed by atoms with Crippen molar-refractivity contribution in [2.24, 2.45) is 0 Å². The van der Waals surface area contributed by atoms with Crippen LogP contribution in [0.3, 0.4) is 0 Å². The number of nitrogens with one attached hydrogen (secondary N) is 1. The van der Waals surface area contributed by atoms with Gasteiger partial charge in [-0.15, -0.1) is 0 Å². The predicted octanol–water partition coefficient (Wildman–Crippen LogP) is 3.56. The molecule has 0 bridgehead atoms. The Morgan fingerprint density at radius 2 is 2.00 bits per heavy atom. The van der Waals surface area contributed by atoms with E-state index in [1.54, 1.807) is 19.2 Å². The summed E-state index contributed by atoms with van der Waals surface area (Å²) < 4.78 is 5.41. The van der Waals surface area contributed by atoms with E-state index in [0.717, 1.165) is 16.9 Å². The van der Waals surface area contributed by atoms with Crippen molar-refractivity contribution in [1.82, 2.24) is 5.32 Å². The fraction of sp³-hybridized carbons (Fsp3) is 0.294. The molecule has 3 nitrogen and oxygen atoms in total. The maximum Gasteiger partial charge on any atom is 0.123 e. The van der Waals surface area contributed by atoms with Crippen molar-refractivity contribution >= 4 is 0 Å². The highest BCUT2D eigenvalue weighted by atomic mass is 16.5. The van der Waals surface area contributed by atoms with Crippen molar-refractivity contribution in [1.29, 1.82) is 0 Å². The van der Waals surface area contributed by atoms with Gasteiger partial charge in [0.1, 0.15) is 11.5 Å². The van der Waals surface area contributed by atoms with Gasteiger partial charge in [-0.25, -0.2) is 0 Å². The van der Waals surface area contributed by atoms with Gasteiger partial charge >= 0.3 is 0 Å². The Bertz CT molecular complexity index is 581. The number of aromatic hydroxyl groups is 1. The number of phenolic OH excluding ortho intramolecular Hbond substituents is 1. The van der Waals surface area contributed by atoms with Crippen LogP contribution < -0.4 is 10.1 Å². The van der Waals surface area contributed by atoms with E-state index in [1.165, 1.54) is 5.56 Å². The number of hydrogen-bond acceptors (Lipinski definition) is 3. The Morgan fingerprint density at radius 1 is 1.20 bits per heavy atom. The van der Waals surface area contributed by atoms with Crippen LogP contribution in [0.2, 0.25) is 0 Å². The van der Waals surface area contributed by atoms with Gasteiger partial charge in [0, 0.05) is 18.2 Å². The Kier molecular flexibility index (Phi) is 4.64. The fourth-order valence-electron chi connectivity index (χ4n) is 2.24. The summed E-state index contributed by atoms with van der Waals surface area (Å²) in [6, 6.07) is 13.6. The van der Waals surface area contributed by atoms with E-state index in [0.29, 0.717) is 12.3 Å². The number of ether oxygens (including phenoxy) is 1. The first-order valence-electron chi connectivity index (χ1n) is 6.76. The summed E-state index contributed by atoms with van der Waals surface area (Å²) in [6.07, 6.45) is 0. The quantitative estimate of drug-likeness (QED) is 0.873. The molecule has 2 aromatic rings. The summed E-state index contributed by atoms with van der Waals surface area (Å²) in [5, 5.41) is 12.9. The molecule has 0 heterocycles. The standard InChI is InChI=1S/C17H21NO2/c1-12-7-8-17(20-3)16(9-12)13(2)18-11-14-5-4-6-15(19)10-14/h4-10,13,18-19H,11H2,1-3H3. The third-order valence-corrected chi connectivity index (χ3v) is 3.37. The van der Waals surface area contributed by atoms with Crippen LogP contribution in [0.25, 0.3) is 0 Å². The topological polar surface area (TPSA) is 41.5 Å². The van der Waals surface area contributed by atoms with Crippen LogP contribution in [0.15, 0.2) is 42.5 Å². The van der Waals surface area contributed by atoms with Gasteiger partial charge in [-0.05, 0) is 37.6 Å². The van der Waals surface area contributed by atoms with Crippen molar-refractivity contribution in [3.05, 3.63) is 59.2 Å². The number of benzene rings is 2. The number of aryl methyl sites for hydroxylation is 1. The molecule has 0 fully saturated rings. The third-order valence-electron chi connectivity index (χ3n) is 3.37. The second kappa shape index (κ2) is 6.44. The molecule has 0 amide bonds. The van der Waals surface area contributed by atoms with Crippen LogP contribution in [0.5, 0.6) is 11.5 Å². The lowest BCUT2D eigenvalue weighted by Gasteiger charge is -2.18. The highest BCUT2D eigenvalue weighted by molar-refractivity contribution is 5.39. The van der Waals surface area contributed by atoms with Crippen molar-refractivity contribution in [2.45, 2.75) is 26.4 Å². The first-order valence-corrected chi connectivity index (χ1v) is 6.76. The van der Waals surface area contributed by atoms with Crippen molar-refractivity contribution < 1.29 is 9.84 Å². The fourth-order valence-corrected chi connectivity index (χ4v) is 2.24. The molecular formula is C17H21NO2. The minimum atomic E-state index is 0.173. The molecule has 1 unspecified atom stereocenters. The summed E-state index contributed by atoms with van der Waals surface area (Å²) >= 11 is 0. The van der Waals surface area contributed by atoms with Gasteiger partial charge in [0.15, 0.2) is 0 Å². The van der Waals surface area contributed by atoms with Crippen LogP contribution in [0, 0.1) is 6.92 Å². The van der Waals surface area contributed by atoms with Crippen LogP contribution in [-0.4, -0.2) is 12.2 Å². The van der Waals surface area contributed by atoms with Crippen molar-refractivity contribution in [3.8, 4) is 11.5 Å². The van der Waals surface area contributed by atoms with Gasteiger partial charge in [0.05, 0.1) is 7.11 Å². The first kappa shape index (κ1) is 14.4. The molecule has 0 aromatic heterocycles. The summed E-state index contributed by atoms with van der Waals surface area (Å²) in [5.74, 6) is 1.19. The van der Waals surface area contributed by atoms with Gasteiger partial charge in [0.25, 0.3) is 0 Å². The van der Waals surface area contributed by atoms with Crippen molar-refractivity contribution in [2.75, 3.05) is 7.11 Å². The third kappa shape index (κ3) is 3.52. The van der Waals surface area contributed by atoms with Gasteiger partial charge < -0.3 is 15.2 Å². The zero-order valence-electron chi connectivity index (χ0n) is 12.2. The Labute approximate surface area is 120 Å². The number of rotatable bonds is 5. The molecule has 0 aliphatic heterocycles. The summed E-state index contributed by atoms with van der Waals surface area (Å²) in [6.45, 7) is 4.89. The highest BCUT2D eigenvalue weighted by Crippen LogP contribution is 2.26. The van der Waals surface area contributed by atoms with Crippen LogP contribution in [0.1, 0.15) is 29.7 Å². The molecule has 0 radical (unpaired) electrons. The Balaban J connectivity index is 2.08. The lowest BCUT2D eigenvalue weighted by Crippen LogP contribution is -2.18. The average molecular weight is 271 g/mol. The van der Waals surface area contributed by atoms with E-state index in [4.69, 9.17) is 4.74 Å². The molecule has 20 heavy (non-hydrogen) atoms. The van der Waals surface area contributed by atoms with E-state index < -0.39 is 0 Å². The van der Waals surface area contributed by atoms with Gasteiger partial charge in [0.2, 0.25) is 0 Å². The Hall–Kier alpha value is -2.00. The van der Waals surface area contributed by atoms with Crippen LogP contribution >= 0.6 is 0 Å². The molecule has 0 saturated heterocycles. The maximum absolute atomic E-state index is 9.47. The first-order chi connectivity index (χ1) is 9.60. The van der Waals surface area contributed by atoms with E-state index in [2.05, 4.69) is 25.2 Å². The molecule has 0 saturated carbocycles. The van der Waals surface area contributed by atoms with E-state index in [9.17, 15) is 5.11 Å². The molecule has 0 aliphatic rings. The molecule has 0 spiro atoms. The van der Waals surface area contributed by atoms with Crippen LogP contribution in [-0.2, 0) is 6.54 Å². The monoisotopic (exact) mass is 271 g/mol. The van der Waals surface area contributed by atoms with Gasteiger partial charge in [-0.1, -0.05) is 29.8 Å². The SMILES string of the molecule is COc1ccc(C)cc1C(C)NCc1cccc(O)c1.